The zero-order chi connectivity index (χ0) is 21.1. The first-order valence-corrected chi connectivity index (χ1v) is 10.3. The molecular weight excluding hydrogens is 400 g/mol. The van der Waals surface area contributed by atoms with Crippen LogP contribution in [0.25, 0.3) is 32.6 Å². The molecule has 0 fully saturated rings. The lowest BCUT2D eigenvalue weighted by Gasteiger charge is -2.08. The van der Waals surface area contributed by atoms with E-state index in [1.54, 1.807) is 25.5 Å². The summed E-state index contributed by atoms with van der Waals surface area (Å²) in [5, 5.41) is 15.6. The van der Waals surface area contributed by atoms with E-state index in [4.69, 9.17) is 0 Å². The number of nitrogens with one attached hydrogen (secondary N) is 2. The second kappa shape index (κ2) is 8.52. The molecule has 1 atom stereocenters. The van der Waals surface area contributed by atoms with Crippen LogP contribution in [0.15, 0.2) is 48.9 Å². The summed E-state index contributed by atoms with van der Waals surface area (Å²) < 4.78 is 0.922. The van der Waals surface area contributed by atoms with Crippen LogP contribution in [0.1, 0.15) is 25.8 Å². The van der Waals surface area contributed by atoms with Gasteiger partial charge in [-0.15, -0.1) is 0 Å². The third-order valence-corrected chi connectivity index (χ3v) is 5.39. The van der Waals surface area contributed by atoms with Crippen molar-refractivity contribution in [3.8, 4) is 22.4 Å². The zero-order valence-corrected chi connectivity index (χ0v) is 17.3. The first-order chi connectivity index (χ1) is 14.5. The average Bonchev–Trinajstić information content (AvgIpc) is 3.16. The predicted molar refractivity (Wildman–Crippen MR) is 117 cm³/mol. The van der Waals surface area contributed by atoms with E-state index in [0.29, 0.717) is 17.5 Å². The van der Waals surface area contributed by atoms with E-state index in [1.807, 2.05) is 37.3 Å². The van der Waals surface area contributed by atoms with Gasteiger partial charge in [-0.2, -0.15) is 0 Å². The highest BCUT2D eigenvalue weighted by Gasteiger charge is 2.15. The maximum absolute atomic E-state index is 11.9. The van der Waals surface area contributed by atoms with E-state index >= 15 is 0 Å². The molecule has 0 unspecified atom stereocenters. The van der Waals surface area contributed by atoms with Crippen LogP contribution in [0.3, 0.4) is 0 Å². The monoisotopic (exact) mass is 420 g/mol. The number of hydrogen-bond acceptors (Lipinski definition) is 7. The number of urea groups is 1. The smallest absolute Gasteiger partial charge is 0.321 e. The lowest BCUT2D eigenvalue weighted by atomic mass is 10.0. The van der Waals surface area contributed by atoms with Crippen molar-refractivity contribution in [3.63, 3.8) is 0 Å². The molecule has 0 bridgehead atoms. The number of fused-ring (bicyclic) bond motifs is 1. The lowest BCUT2D eigenvalue weighted by molar-refractivity contribution is 0.189. The van der Waals surface area contributed by atoms with Gasteiger partial charge in [0.1, 0.15) is 6.10 Å². The fourth-order valence-corrected chi connectivity index (χ4v) is 3.93. The highest BCUT2D eigenvalue weighted by atomic mass is 32.1. The van der Waals surface area contributed by atoms with Gasteiger partial charge in [0.05, 0.1) is 15.9 Å². The van der Waals surface area contributed by atoms with Crippen LogP contribution in [0.4, 0.5) is 9.93 Å². The molecule has 0 aliphatic heterocycles. The van der Waals surface area contributed by atoms with Crippen molar-refractivity contribution in [1.29, 1.82) is 0 Å². The molecule has 4 aromatic rings. The van der Waals surface area contributed by atoms with Crippen LogP contribution < -0.4 is 10.6 Å². The first-order valence-electron chi connectivity index (χ1n) is 9.46. The molecule has 30 heavy (non-hydrogen) atoms. The van der Waals surface area contributed by atoms with Crippen LogP contribution in [0, 0.1) is 0 Å². The maximum Gasteiger partial charge on any atom is 0.321 e. The van der Waals surface area contributed by atoms with E-state index in [0.717, 1.165) is 32.6 Å². The fraction of sp³-hybridized carbons (Fsp3) is 0.190. The van der Waals surface area contributed by atoms with Gasteiger partial charge in [-0.1, -0.05) is 17.4 Å². The van der Waals surface area contributed by atoms with Crippen LogP contribution >= 0.6 is 11.3 Å². The quantitative estimate of drug-likeness (QED) is 0.450. The number of hydrogen-bond donors (Lipinski definition) is 3. The van der Waals surface area contributed by atoms with E-state index in [2.05, 4.69) is 30.6 Å². The Labute approximate surface area is 177 Å². The number of benzene rings is 1. The van der Waals surface area contributed by atoms with E-state index in [-0.39, 0.29) is 6.03 Å². The van der Waals surface area contributed by atoms with E-state index < -0.39 is 6.10 Å². The Bertz CT molecular complexity index is 1180. The summed E-state index contributed by atoms with van der Waals surface area (Å²) in [6.45, 7) is 4.01. The summed E-state index contributed by atoms with van der Waals surface area (Å²) in [6.07, 6.45) is 4.37. The molecule has 1 aromatic carbocycles. The molecule has 0 radical (unpaired) electrons. The van der Waals surface area contributed by atoms with Crippen LogP contribution in [-0.2, 0) is 0 Å². The normalized spacial score (nSPS) is 12.0. The Morgan fingerprint density at radius 2 is 1.97 bits per heavy atom. The topological polar surface area (TPSA) is 113 Å². The van der Waals surface area contributed by atoms with E-state index in [1.165, 1.54) is 11.3 Å². The van der Waals surface area contributed by atoms with Gasteiger partial charge in [0, 0.05) is 36.3 Å². The maximum atomic E-state index is 11.9. The van der Waals surface area contributed by atoms with Gasteiger partial charge in [-0.3, -0.25) is 10.3 Å². The zero-order valence-electron chi connectivity index (χ0n) is 16.5. The van der Waals surface area contributed by atoms with Crippen molar-refractivity contribution in [2.24, 2.45) is 0 Å². The molecule has 0 saturated heterocycles. The summed E-state index contributed by atoms with van der Waals surface area (Å²) in [4.78, 5) is 29.5. The minimum Gasteiger partial charge on any atom is -0.385 e. The number of aliphatic hydroxyl groups excluding tert-OH is 1. The number of carbonyl (C=O) groups is 1. The molecule has 0 spiro atoms. The molecule has 2 amide bonds. The number of pyridine rings is 1. The van der Waals surface area contributed by atoms with Crippen molar-refractivity contribution >= 4 is 32.7 Å². The molecule has 152 valence electrons. The van der Waals surface area contributed by atoms with Gasteiger partial charge in [-0.25, -0.2) is 19.7 Å². The van der Waals surface area contributed by atoms with Gasteiger partial charge < -0.3 is 10.4 Å². The highest BCUT2D eigenvalue weighted by molar-refractivity contribution is 7.22. The molecule has 0 aliphatic carbocycles. The summed E-state index contributed by atoms with van der Waals surface area (Å²) in [5.74, 6) is 0.367. The van der Waals surface area contributed by atoms with Gasteiger partial charge in [0.15, 0.2) is 11.0 Å². The molecular formula is C21H20N6O2S. The molecule has 3 N–H and O–H groups in total. The summed E-state index contributed by atoms with van der Waals surface area (Å²) in [5.41, 5.74) is 4.12. The highest BCUT2D eigenvalue weighted by Crippen LogP contribution is 2.38. The van der Waals surface area contributed by atoms with Crippen LogP contribution in [0.2, 0.25) is 0 Å². The third kappa shape index (κ3) is 4.12. The molecule has 8 nitrogen and oxygen atoms in total. The minimum atomic E-state index is -0.730. The number of aromatic nitrogens is 4. The molecule has 4 rings (SSSR count). The number of rotatable bonds is 5. The van der Waals surface area contributed by atoms with Crippen molar-refractivity contribution < 1.29 is 9.90 Å². The number of thiazole rings is 1. The molecule has 3 heterocycles. The summed E-state index contributed by atoms with van der Waals surface area (Å²) >= 11 is 1.40. The number of nitrogens with zero attached hydrogens (tertiary/aromatic N) is 4. The first kappa shape index (κ1) is 19.9. The molecule has 0 saturated carbocycles. The van der Waals surface area contributed by atoms with Gasteiger partial charge in [-0.05, 0) is 43.7 Å². The minimum absolute atomic E-state index is 0.293. The Balaban J connectivity index is 1.82. The second-order valence-corrected chi connectivity index (χ2v) is 7.60. The number of amides is 2. The number of carbonyl (C=O) groups excluding carboxylic acids is 1. The summed E-state index contributed by atoms with van der Waals surface area (Å²) in [6, 6.07) is 9.38. The van der Waals surface area contributed by atoms with Crippen molar-refractivity contribution in [3.05, 3.63) is 54.7 Å². The van der Waals surface area contributed by atoms with Crippen molar-refractivity contribution in [2.75, 3.05) is 11.9 Å². The predicted octanol–water partition coefficient (Wildman–Crippen LogP) is 4.01. The second-order valence-electron chi connectivity index (χ2n) is 6.60. The molecule has 9 heteroatoms. The fourth-order valence-electron chi connectivity index (χ4n) is 2.97. The Morgan fingerprint density at radius 1 is 1.17 bits per heavy atom. The van der Waals surface area contributed by atoms with Gasteiger partial charge in [0.2, 0.25) is 0 Å². The van der Waals surface area contributed by atoms with Crippen LogP contribution in [0.5, 0.6) is 0 Å². The Morgan fingerprint density at radius 3 is 2.63 bits per heavy atom. The van der Waals surface area contributed by atoms with Crippen molar-refractivity contribution in [1.82, 2.24) is 25.3 Å². The van der Waals surface area contributed by atoms with E-state index in [9.17, 15) is 9.90 Å². The Kier molecular flexibility index (Phi) is 5.64. The van der Waals surface area contributed by atoms with Crippen molar-refractivity contribution in [2.45, 2.75) is 20.0 Å². The molecule has 0 aliphatic rings. The lowest BCUT2D eigenvalue weighted by Crippen LogP contribution is -2.28. The largest absolute Gasteiger partial charge is 0.385 e. The summed E-state index contributed by atoms with van der Waals surface area (Å²) in [7, 11) is 0. The Hall–Kier alpha value is -3.43. The van der Waals surface area contributed by atoms with Gasteiger partial charge in [0.25, 0.3) is 0 Å². The average molecular weight is 420 g/mol. The van der Waals surface area contributed by atoms with Gasteiger partial charge >= 0.3 is 6.03 Å². The SMILES string of the molecule is CCNC(=O)Nc1nc2cc(-c3cnc([C@H](C)O)nc3)cc(-c3ccccn3)c2s1. The number of anilines is 1. The molecule has 3 aromatic heterocycles. The number of aliphatic hydroxyl groups is 1. The third-order valence-electron chi connectivity index (χ3n) is 4.37. The standard InChI is InChI=1S/C21H20N6O2S/c1-3-22-20(29)27-21-26-17-9-13(14-10-24-19(12(2)28)25-11-14)8-15(18(17)30-21)16-6-4-5-7-23-16/h4-12,28H,3H2,1-2H3,(H2,22,26,27,29)/t12-/m0/s1. The van der Waals surface area contributed by atoms with Crippen LogP contribution in [-0.4, -0.2) is 37.6 Å².